The number of rotatable bonds is 1. The Morgan fingerprint density at radius 2 is 1.36 bits per heavy atom. The molecule has 10 aliphatic rings. The summed E-state index contributed by atoms with van der Waals surface area (Å²) in [4.78, 5) is 12.6. The molecule has 0 aromatic heterocycles. The van der Waals surface area contributed by atoms with Crippen LogP contribution in [-0.4, -0.2) is 14.8 Å². The molecule has 1 spiro atoms. The first-order valence-electron chi connectivity index (χ1n) is 6.13. The fraction of sp³-hybridized carbons (Fsp3) is 1.00. The van der Waals surface area contributed by atoms with E-state index in [1.807, 2.05) is 0 Å². The fourth-order valence-corrected chi connectivity index (χ4v) is 89.5. The van der Waals surface area contributed by atoms with Crippen molar-refractivity contribution in [1.82, 2.24) is 0 Å². The van der Waals surface area contributed by atoms with Crippen molar-refractivity contribution in [2.75, 3.05) is 0 Å². The van der Waals surface area contributed by atoms with E-state index in [0.29, 0.717) is 0 Å². The van der Waals surface area contributed by atoms with Crippen LogP contribution in [0.2, 0.25) is 43.3 Å². The van der Waals surface area contributed by atoms with E-state index in [1.165, 1.54) is 43.3 Å². The standard InChI is InChI=1S/C5H7N2Si.C5H5.Fe/c8-7-6-5-3-1-2-4-5;1-2-4-5-3-1;/h1-4H,8H3;1-5H;. The summed E-state index contributed by atoms with van der Waals surface area (Å²) in [6.07, 6.45) is 0. The summed E-state index contributed by atoms with van der Waals surface area (Å²) in [5, 5.41) is 5.01. The molecule has 10 rings (SSSR count). The van der Waals surface area contributed by atoms with Gasteiger partial charge in [-0.15, -0.1) is 0 Å². The van der Waals surface area contributed by atoms with Gasteiger partial charge in [-0.05, 0) is 0 Å². The summed E-state index contributed by atoms with van der Waals surface area (Å²) in [5.74, 6) is 0. The van der Waals surface area contributed by atoms with Crippen molar-refractivity contribution >= 4 is 10.4 Å². The quantitative estimate of drug-likeness (QED) is 0.498. The summed E-state index contributed by atoms with van der Waals surface area (Å²) in [6, 6.07) is 0. The third-order valence-corrected chi connectivity index (χ3v) is 57.0. The van der Waals surface area contributed by atoms with Crippen LogP contribution in [0.15, 0.2) is 9.89 Å². The molecule has 0 N–H and O–H groups in total. The van der Waals surface area contributed by atoms with Gasteiger partial charge >= 0.3 is 74.6 Å². The summed E-state index contributed by atoms with van der Waals surface area (Å²) < 4.78 is 5.16. The molecule has 0 aliphatic carbocycles. The second kappa shape index (κ2) is 0.314. The molecule has 0 amide bonds. The maximum atomic E-state index is 5.01. The van der Waals surface area contributed by atoms with Crippen LogP contribution < -0.4 is 0 Å². The molecule has 0 saturated carbocycles. The Bertz CT molecular complexity index is 837. The normalized spacial score (nSPS) is 143. The Kier molecular flexibility index (Phi) is 0.105. The van der Waals surface area contributed by atoms with Crippen LogP contribution in [0.1, 0.15) is 0 Å². The first kappa shape index (κ1) is 4.68. The summed E-state index contributed by atoms with van der Waals surface area (Å²) in [5.41, 5.74) is 0. The summed E-state index contributed by atoms with van der Waals surface area (Å²) in [7, 11) is 0.971. The van der Waals surface area contributed by atoms with Crippen LogP contribution in [0.5, 0.6) is 0 Å². The second-order valence-electron chi connectivity index (χ2n) is 9.94. The molecule has 0 radical (unpaired) electrons. The SMILES string of the molecule is [SiH3]N=N[C]12[CH]3[CH]4[CH]5[CH]1[Fe]45321678[CH]2[CH]1[CH]6[CH]7[CH]28. The van der Waals surface area contributed by atoms with Crippen LogP contribution in [0.4, 0.5) is 0 Å². The van der Waals surface area contributed by atoms with Crippen LogP contribution >= 0.6 is 0 Å². The average molecular weight is 244 g/mol. The first-order valence-corrected chi connectivity index (χ1v) is 13.3. The van der Waals surface area contributed by atoms with Gasteiger partial charge in [0.05, 0.1) is 0 Å². The van der Waals surface area contributed by atoms with Gasteiger partial charge in [-0.2, -0.15) is 0 Å². The minimum atomic E-state index is -2.78. The Morgan fingerprint density at radius 1 is 0.857 bits per heavy atom. The van der Waals surface area contributed by atoms with Crippen molar-refractivity contribution in [3.8, 4) is 0 Å². The molecule has 0 aromatic carbocycles. The Hall–Kier alpha value is 0.336. The molecule has 14 heavy (non-hydrogen) atoms. The molecule has 10 fully saturated rings. The third-order valence-electron chi connectivity index (χ3n) is 14.9. The van der Waals surface area contributed by atoms with Crippen molar-refractivity contribution in [1.29, 1.82) is 0 Å². The van der Waals surface area contributed by atoms with Gasteiger partial charge in [0.2, 0.25) is 0 Å². The van der Waals surface area contributed by atoms with Crippen molar-refractivity contribution in [3.63, 3.8) is 0 Å². The van der Waals surface area contributed by atoms with Gasteiger partial charge in [-0.3, -0.25) is 0 Å². The fourth-order valence-electron chi connectivity index (χ4n) is 16.5. The van der Waals surface area contributed by atoms with Gasteiger partial charge in [0, 0.05) is 0 Å². The predicted molar refractivity (Wildman–Crippen MR) is 51.3 cm³/mol. The predicted octanol–water partition coefficient (Wildman–Crippen LogP) is 2.02. The van der Waals surface area contributed by atoms with E-state index in [2.05, 4.69) is 4.78 Å². The molecule has 10 saturated heterocycles. The van der Waals surface area contributed by atoms with E-state index in [1.54, 1.807) is 0 Å². The van der Waals surface area contributed by atoms with Crippen LogP contribution in [0.3, 0.4) is 0 Å². The summed E-state index contributed by atoms with van der Waals surface area (Å²) in [6.45, 7) is -2.78. The molecule has 4 unspecified atom stereocenters. The van der Waals surface area contributed by atoms with Gasteiger partial charge in [0.1, 0.15) is 0 Å². The summed E-state index contributed by atoms with van der Waals surface area (Å²) >= 11 is 0. The van der Waals surface area contributed by atoms with E-state index in [0.717, 1.165) is 14.8 Å². The van der Waals surface area contributed by atoms with Crippen molar-refractivity contribution in [3.05, 3.63) is 0 Å². The molecule has 74 valence electrons. The van der Waals surface area contributed by atoms with Crippen LogP contribution in [-0.2, 0) is 6.51 Å². The number of fused-ring (bicyclic) bond motifs is 10. The monoisotopic (exact) mass is 244 g/mol. The molecular weight excluding hydrogens is 232 g/mol. The van der Waals surface area contributed by atoms with Gasteiger partial charge in [-0.25, -0.2) is 0 Å². The van der Waals surface area contributed by atoms with E-state index >= 15 is 0 Å². The van der Waals surface area contributed by atoms with E-state index in [4.69, 9.17) is 5.11 Å². The molecule has 4 heteroatoms. The zero-order chi connectivity index (χ0) is 8.43. The maximum absolute atomic E-state index is 5.01. The average Bonchev–Trinajstić information content (AvgIpc) is 3.14. The molecule has 10 heterocycles. The van der Waals surface area contributed by atoms with Gasteiger partial charge in [-0.1, -0.05) is 0 Å². The topological polar surface area (TPSA) is 24.7 Å². The molecular formula is C10H12FeN2Si. The van der Waals surface area contributed by atoms with Crippen molar-refractivity contribution in [2.45, 2.75) is 47.8 Å². The molecule has 4 atom stereocenters. The van der Waals surface area contributed by atoms with Gasteiger partial charge in [0.15, 0.2) is 0 Å². The number of nitrogens with zero attached hydrogens (tertiary/aromatic N) is 2. The number of hydrogen-bond donors (Lipinski definition) is 0. The zero-order valence-corrected chi connectivity index (χ0v) is 11.0. The Balaban J connectivity index is 1.94. The van der Waals surface area contributed by atoms with E-state index < -0.39 is 6.51 Å². The van der Waals surface area contributed by atoms with E-state index in [9.17, 15) is 0 Å². The van der Waals surface area contributed by atoms with Crippen LogP contribution in [0.25, 0.3) is 0 Å². The first-order chi connectivity index (χ1) is 6.61. The van der Waals surface area contributed by atoms with Gasteiger partial charge in [0.25, 0.3) is 0 Å². The van der Waals surface area contributed by atoms with E-state index in [-0.39, 0.29) is 0 Å². The van der Waals surface area contributed by atoms with Crippen molar-refractivity contribution < 1.29 is 6.51 Å². The minimum absolute atomic E-state index is 0.737. The third kappa shape index (κ3) is 0.0336. The van der Waals surface area contributed by atoms with Gasteiger partial charge < -0.3 is 0 Å². The number of hydrogen-bond acceptors (Lipinski definition) is 2. The Morgan fingerprint density at radius 3 is 1.57 bits per heavy atom. The zero-order valence-electron chi connectivity index (χ0n) is 7.94. The van der Waals surface area contributed by atoms with Crippen molar-refractivity contribution in [2.24, 2.45) is 9.89 Å². The molecule has 0 bridgehead atoms. The second-order valence-corrected chi connectivity index (χ2v) is 33.9. The molecule has 2 nitrogen and oxygen atoms in total. The molecule has 0 aromatic rings. The van der Waals surface area contributed by atoms with Crippen LogP contribution in [0, 0.1) is 0 Å². The Labute approximate surface area is 74.7 Å². The molecule has 10 aliphatic heterocycles.